The van der Waals surface area contributed by atoms with Crippen molar-refractivity contribution in [2.24, 2.45) is 28.6 Å². The van der Waals surface area contributed by atoms with Crippen molar-refractivity contribution in [2.75, 3.05) is 5.32 Å². The van der Waals surface area contributed by atoms with Gasteiger partial charge in [-0.2, -0.15) is 13.2 Å². The van der Waals surface area contributed by atoms with Crippen molar-refractivity contribution in [1.29, 1.82) is 0 Å². The fraction of sp³-hybridized carbons (Fsp3) is 0.500. The zero-order valence-corrected chi connectivity index (χ0v) is 22.4. The highest BCUT2D eigenvalue weighted by Gasteiger charge is 2.59. The van der Waals surface area contributed by atoms with Crippen LogP contribution in [0.1, 0.15) is 64.4 Å². The van der Waals surface area contributed by atoms with Crippen molar-refractivity contribution in [3.05, 3.63) is 66.2 Å². The summed E-state index contributed by atoms with van der Waals surface area (Å²) in [7, 11) is 0. The molecular formula is C32H35F3N2O2. The van der Waals surface area contributed by atoms with Gasteiger partial charge in [-0.3, -0.25) is 9.69 Å². The molecule has 39 heavy (non-hydrogen) atoms. The Morgan fingerprint density at radius 1 is 0.974 bits per heavy atom. The molecule has 206 valence electrons. The minimum absolute atomic E-state index is 0.0400. The second-order valence-electron chi connectivity index (χ2n) is 12.5. The molecule has 3 saturated carbocycles. The fourth-order valence-corrected chi connectivity index (χ4v) is 8.60. The monoisotopic (exact) mass is 536 g/mol. The molecule has 0 bridgehead atoms. The molecule has 3 fully saturated rings. The fourth-order valence-electron chi connectivity index (χ4n) is 8.60. The number of fused-ring (bicyclic) bond motifs is 5. The number of rotatable bonds is 2. The van der Waals surface area contributed by atoms with Crippen LogP contribution in [0.4, 0.5) is 23.7 Å². The lowest BCUT2D eigenvalue weighted by atomic mass is 9.48. The van der Waals surface area contributed by atoms with Crippen LogP contribution in [0.2, 0.25) is 0 Å². The number of carbonyl (C=O) groups excluding carboxylic acids is 2. The average Bonchev–Trinajstić information content (AvgIpc) is 3.31. The van der Waals surface area contributed by atoms with Gasteiger partial charge < -0.3 is 5.32 Å². The molecule has 0 aromatic heterocycles. The molecular weight excluding hydrogens is 501 g/mol. The van der Waals surface area contributed by atoms with Crippen LogP contribution in [0.15, 0.2) is 60.7 Å². The average molecular weight is 537 g/mol. The second-order valence-corrected chi connectivity index (χ2v) is 12.5. The Morgan fingerprint density at radius 2 is 1.74 bits per heavy atom. The number of imide groups is 1. The number of hydrogen-bond donors (Lipinski definition) is 1. The summed E-state index contributed by atoms with van der Waals surface area (Å²) < 4.78 is 40.9. The van der Waals surface area contributed by atoms with E-state index in [2.05, 4.69) is 19.2 Å². The third-order valence-electron chi connectivity index (χ3n) is 10.5. The first-order chi connectivity index (χ1) is 18.5. The summed E-state index contributed by atoms with van der Waals surface area (Å²) >= 11 is 0. The number of nitrogens with one attached hydrogen (secondary N) is 1. The highest BCUT2D eigenvalue weighted by atomic mass is 19.4. The standard InChI is InChI=1S/C32H35F3N2O2/c1-30-16-6-9-24(30)23-12-13-27-31(2,25(23)14-17-30)18-15-28(38)37(27)29(39)36-26-19-21(32(33,34)35)10-11-22(26)20-7-4-3-5-8-20/h3-5,7-8,10-11,15,18-19,23-25,27H,6,9,12-14,16-17H2,1-2H3,(H,36,39)/t23-,24-,25-,27+,30-,31+/m0/s1. The number of alkyl halides is 3. The van der Waals surface area contributed by atoms with Gasteiger partial charge in [0.1, 0.15) is 0 Å². The van der Waals surface area contributed by atoms with E-state index in [1.54, 1.807) is 24.3 Å². The zero-order valence-electron chi connectivity index (χ0n) is 22.4. The van der Waals surface area contributed by atoms with Crippen molar-refractivity contribution in [2.45, 2.75) is 71.0 Å². The molecule has 7 heteroatoms. The van der Waals surface area contributed by atoms with Gasteiger partial charge in [0.05, 0.1) is 17.3 Å². The lowest BCUT2D eigenvalue weighted by Gasteiger charge is -2.59. The number of halogens is 3. The molecule has 0 spiro atoms. The highest BCUT2D eigenvalue weighted by Crippen LogP contribution is 2.64. The minimum Gasteiger partial charge on any atom is -0.307 e. The molecule has 1 N–H and O–H groups in total. The van der Waals surface area contributed by atoms with Crippen LogP contribution in [0.25, 0.3) is 11.1 Å². The van der Waals surface area contributed by atoms with Gasteiger partial charge >= 0.3 is 12.2 Å². The Labute approximate surface area is 227 Å². The van der Waals surface area contributed by atoms with E-state index < -0.39 is 23.7 Å². The molecule has 0 saturated heterocycles. The molecule has 1 aliphatic heterocycles. The predicted molar refractivity (Wildman–Crippen MR) is 145 cm³/mol. The lowest BCUT2D eigenvalue weighted by Crippen LogP contribution is -2.62. The highest BCUT2D eigenvalue weighted by molar-refractivity contribution is 6.07. The first kappa shape index (κ1) is 26.1. The van der Waals surface area contributed by atoms with Crippen LogP contribution in [-0.4, -0.2) is 22.9 Å². The van der Waals surface area contributed by atoms with E-state index in [-0.39, 0.29) is 17.1 Å². The van der Waals surface area contributed by atoms with Gasteiger partial charge in [0.2, 0.25) is 0 Å². The van der Waals surface area contributed by atoms with Gasteiger partial charge in [-0.15, -0.1) is 0 Å². The molecule has 6 rings (SSSR count). The Balaban J connectivity index is 1.32. The minimum atomic E-state index is -4.56. The number of nitrogens with zero attached hydrogens (tertiary/aromatic N) is 1. The number of anilines is 1. The number of urea groups is 1. The summed E-state index contributed by atoms with van der Waals surface area (Å²) in [5.74, 6) is 1.22. The molecule has 2 aromatic carbocycles. The van der Waals surface area contributed by atoms with Crippen LogP contribution < -0.4 is 5.32 Å². The molecule has 6 atom stereocenters. The van der Waals surface area contributed by atoms with Crippen LogP contribution >= 0.6 is 0 Å². The molecule has 0 radical (unpaired) electrons. The molecule has 3 aliphatic carbocycles. The molecule has 4 nitrogen and oxygen atoms in total. The third kappa shape index (κ3) is 4.29. The van der Waals surface area contributed by atoms with E-state index >= 15 is 0 Å². The first-order valence-corrected chi connectivity index (χ1v) is 14.1. The molecule has 1 heterocycles. The summed E-state index contributed by atoms with van der Waals surface area (Å²) in [6.45, 7) is 4.61. The Morgan fingerprint density at radius 3 is 2.49 bits per heavy atom. The maximum Gasteiger partial charge on any atom is 0.416 e. The van der Waals surface area contributed by atoms with E-state index in [9.17, 15) is 22.8 Å². The smallest absolute Gasteiger partial charge is 0.307 e. The van der Waals surface area contributed by atoms with Crippen molar-refractivity contribution in [3.8, 4) is 11.1 Å². The molecule has 0 unspecified atom stereocenters. The van der Waals surface area contributed by atoms with Crippen LogP contribution in [0.3, 0.4) is 0 Å². The van der Waals surface area contributed by atoms with Crippen molar-refractivity contribution < 1.29 is 22.8 Å². The van der Waals surface area contributed by atoms with Gasteiger partial charge in [-0.1, -0.05) is 62.7 Å². The van der Waals surface area contributed by atoms with Crippen LogP contribution in [-0.2, 0) is 11.0 Å². The van der Waals surface area contributed by atoms with Gasteiger partial charge in [-0.05, 0) is 79.4 Å². The first-order valence-electron chi connectivity index (χ1n) is 14.1. The largest absolute Gasteiger partial charge is 0.416 e. The van der Waals surface area contributed by atoms with Crippen LogP contribution in [0, 0.1) is 28.6 Å². The summed E-state index contributed by atoms with van der Waals surface area (Å²) in [4.78, 5) is 28.3. The Bertz CT molecular complexity index is 1320. The third-order valence-corrected chi connectivity index (χ3v) is 10.5. The second kappa shape index (κ2) is 9.24. The number of benzene rings is 2. The maximum absolute atomic E-state index is 13.8. The topological polar surface area (TPSA) is 49.4 Å². The molecule has 2 aromatic rings. The molecule has 3 amide bonds. The van der Waals surface area contributed by atoms with E-state index in [1.807, 2.05) is 12.1 Å². The van der Waals surface area contributed by atoms with Gasteiger partial charge in [0, 0.05) is 17.1 Å². The summed E-state index contributed by atoms with van der Waals surface area (Å²) in [6, 6.07) is 11.3. The van der Waals surface area contributed by atoms with E-state index in [4.69, 9.17) is 0 Å². The van der Waals surface area contributed by atoms with Crippen molar-refractivity contribution >= 4 is 17.6 Å². The number of carbonyl (C=O) groups is 2. The summed E-state index contributed by atoms with van der Waals surface area (Å²) in [5, 5.41) is 2.72. The Kier molecular flexibility index (Phi) is 6.20. The van der Waals surface area contributed by atoms with Crippen molar-refractivity contribution in [3.63, 3.8) is 0 Å². The summed E-state index contributed by atoms with van der Waals surface area (Å²) in [5.41, 5.74) is 0.378. The van der Waals surface area contributed by atoms with Gasteiger partial charge in [0.25, 0.3) is 5.91 Å². The zero-order chi connectivity index (χ0) is 27.6. The number of amides is 3. The van der Waals surface area contributed by atoms with E-state index in [1.165, 1.54) is 42.7 Å². The van der Waals surface area contributed by atoms with Crippen LogP contribution in [0.5, 0.6) is 0 Å². The van der Waals surface area contributed by atoms with E-state index in [0.29, 0.717) is 40.7 Å². The molecule has 4 aliphatic rings. The van der Waals surface area contributed by atoms with Gasteiger partial charge in [-0.25, -0.2) is 4.79 Å². The number of hydrogen-bond acceptors (Lipinski definition) is 2. The SMILES string of the molecule is C[C@@]12CCC[C@H]1[C@@H]1CC[C@H]3N(C(=O)Nc4cc(C(F)(F)F)ccc4-c4ccccc4)C(=O)C=C[C@]3(C)[C@H]1CC2. The normalized spacial score (nSPS) is 33.8. The predicted octanol–water partition coefficient (Wildman–Crippen LogP) is 8.30. The quantitative estimate of drug-likeness (QED) is 0.420. The Hall–Kier alpha value is -3.09. The summed E-state index contributed by atoms with van der Waals surface area (Å²) in [6.07, 6.45) is 6.69. The maximum atomic E-state index is 13.8. The lowest BCUT2D eigenvalue weighted by molar-refractivity contribution is -0.137. The van der Waals surface area contributed by atoms with E-state index in [0.717, 1.165) is 25.0 Å². The van der Waals surface area contributed by atoms with Crippen molar-refractivity contribution in [1.82, 2.24) is 4.90 Å². The van der Waals surface area contributed by atoms with Gasteiger partial charge in [0.15, 0.2) is 0 Å².